The van der Waals surface area contributed by atoms with Crippen LogP contribution in [0, 0.1) is 11.8 Å². The standard InChI is InChI=1S/C12H25NO/c1-9(2)7-12(14)8-13(6)11(5)10(3)4/h9-11H,7-8H2,1-6H3. The fourth-order valence-electron chi connectivity index (χ4n) is 1.45. The van der Waals surface area contributed by atoms with Crippen LogP contribution in [0.15, 0.2) is 0 Å². The molecule has 1 atom stereocenters. The zero-order valence-electron chi connectivity index (χ0n) is 10.5. The van der Waals surface area contributed by atoms with Gasteiger partial charge in [0.15, 0.2) is 0 Å². The number of nitrogens with zero attached hydrogens (tertiary/aromatic N) is 1. The number of carbonyl (C=O) groups is 1. The van der Waals surface area contributed by atoms with Crippen LogP contribution in [0.4, 0.5) is 0 Å². The molecule has 84 valence electrons. The van der Waals surface area contributed by atoms with E-state index in [1.54, 1.807) is 0 Å². The van der Waals surface area contributed by atoms with E-state index in [1.807, 2.05) is 7.05 Å². The summed E-state index contributed by atoms with van der Waals surface area (Å²) in [5, 5.41) is 0. The topological polar surface area (TPSA) is 20.3 Å². The Morgan fingerprint density at radius 3 is 2.00 bits per heavy atom. The van der Waals surface area contributed by atoms with Crippen molar-refractivity contribution >= 4 is 5.78 Å². The molecular formula is C12H25NO. The number of Topliss-reactive ketones (excluding diaryl/α,β-unsaturated/α-hetero) is 1. The van der Waals surface area contributed by atoms with Crippen molar-refractivity contribution in [3.05, 3.63) is 0 Å². The van der Waals surface area contributed by atoms with Crippen LogP contribution in [0.2, 0.25) is 0 Å². The Hall–Kier alpha value is -0.370. The number of hydrogen-bond donors (Lipinski definition) is 0. The highest BCUT2D eigenvalue weighted by Crippen LogP contribution is 2.09. The third-order valence-electron chi connectivity index (χ3n) is 2.72. The first-order chi connectivity index (χ1) is 6.34. The van der Waals surface area contributed by atoms with Crippen LogP contribution in [0.3, 0.4) is 0 Å². The van der Waals surface area contributed by atoms with E-state index in [1.165, 1.54) is 0 Å². The highest BCUT2D eigenvalue weighted by atomic mass is 16.1. The second kappa shape index (κ2) is 6.18. The van der Waals surface area contributed by atoms with Crippen LogP contribution in [0.25, 0.3) is 0 Å². The number of hydrogen-bond acceptors (Lipinski definition) is 2. The van der Waals surface area contributed by atoms with Crippen LogP contribution in [0.1, 0.15) is 41.0 Å². The van der Waals surface area contributed by atoms with E-state index < -0.39 is 0 Å². The Morgan fingerprint density at radius 2 is 1.64 bits per heavy atom. The van der Waals surface area contributed by atoms with Crippen molar-refractivity contribution in [2.45, 2.75) is 47.1 Å². The summed E-state index contributed by atoms with van der Waals surface area (Å²) in [5.74, 6) is 1.44. The van der Waals surface area contributed by atoms with E-state index >= 15 is 0 Å². The van der Waals surface area contributed by atoms with Crippen molar-refractivity contribution in [3.8, 4) is 0 Å². The molecule has 0 saturated carbocycles. The first kappa shape index (κ1) is 13.6. The predicted molar refractivity (Wildman–Crippen MR) is 61.4 cm³/mol. The predicted octanol–water partition coefficient (Wildman–Crippen LogP) is 2.58. The van der Waals surface area contributed by atoms with Crippen molar-refractivity contribution in [1.82, 2.24) is 4.90 Å². The van der Waals surface area contributed by atoms with Gasteiger partial charge in [-0.05, 0) is 25.8 Å². The number of carbonyl (C=O) groups excluding carboxylic acids is 1. The Balaban J connectivity index is 3.93. The maximum Gasteiger partial charge on any atom is 0.147 e. The zero-order valence-corrected chi connectivity index (χ0v) is 10.5. The van der Waals surface area contributed by atoms with Crippen molar-refractivity contribution in [2.24, 2.45) is 11.8 Å². The molecule has 0 N–H and O–H groups in total. The fourth-order valence-corrected chi connectivity index (χ4v) is 1.45. The SMILES string of the molecule is CC(C)CC(=O)CN(C)C(C)C(C)C. The molecule has 2 nitrogen and oxygen atoms in total. The van der Waals surface area contributed by atoms with Gasteiger partial charge in [0, 0.05) is 12.5 Å². The van der Waals surface area contributed by atoms with Crippen molar-refractivity contribution in [3.63, 3.8) is 0 Å². The van der Waals surface area contributed by atoms with Gasteiger partial charge in [-0.15, -0.1) is 0 Å². The number of rotatable bonds is 6. The average Bonchev–Trinajstić information content (AvgIpc) is 2.00. The molecule has 0 bridgehead atoms. The molecule has 0 aromatic heterocycles. The first-order valence-corrected chi connectivity index (χ1v) is 5.56. The van der Waals surface area contributed by atoms with Gasteiger partial charge in [-0.1, -0.05) is 27.7 Å². The lowest BCUT2D eigenvalue weighted by Crippen LogP contribution is -2.37. The highest BCUT2D eigenvalue weighted by Gasteiger charge is 2.16. The van der Waals surface area contributed by atoms with Crippen LogP contribution in [0.5, 0.6) is 0 Å². The normalized spacial score (nSPS) is 14.1. The van der Waals surface area contributed by atoms with Gasteiger partial charge in [-0.3, -0.25) is 9.69 Å². The second-order valence-corrected chi connectivity index (χ2v) is 5.04. The minimum Gasteiger partial charge on any atom is -0.298 e. The lowest BCUT2D eigenvalue weighted by atomic mass is 10.0. The van der Waals surface area contributed by atoms with Gasteiger partial charge < -0.3 is 0 Å². The van der Waals surface area contributed by atoms with Crippen molar-refractivity contribution in [1.29, 1.82) is 0 Å². The molecule has 0 spiro atoms. The van der Waals surface area contributed by atoms with Gasteiger partial charge in [-0.25, -0.2) is 0 Å². The van der Waals surface area contributed by atoms with Crippen LogP contribution < -0.4 is 0 Å². The summed E-state index contributed by atoms with van der Waals surface area (Å²) in [5.41, 5.74) is 0. The lowest BCUT2D eigenvalue weighted by molar-refractivity contribution is -0.121. The van der Waals surface area contributed by atoms with Crippen LogP contribution in [-0.2, 0) is 4.79 Å². The molecule has 14 heavy (non-hydrogen) atoms. The maximum atomic E-state index is 11.5. The summed E-state index contributed by atoms with van der Waals surface area (Å²) in [4.78, 5) is 13.7. The summed E-state index contributed by atoms with van der Waals surface area (Å²) in [6.07, 6.45) is 0.704. The maximum absolute atomic E-state index is 11.5. The van der Waals surface area contributed by atoms with E-state index in [0.717, 1.165) is 0 Å². The van der Waals surface area contributed by atoms with Crippen molar-refractivity contribution in [2.75, 3.05) is 13.6 Å². The summed E-state index contributed by atoms with van der Waals surface area (Å²) in [6.45, 7) is 11.3. The molecule has 0 aromatic carbocycles. The minimum absolute atomic E-state index is 0.356. The summed E-state index contributed by atoms with van der Waals surface area (Å²) >= 11 is 0. The molecule has 0 aliphatic rings. The molecule has 0 radical (unpaired) electrons. The molecule has 0 rings (SSSR count). The smallest absolute Gasteiger partial charge is 0.147 e. The quantitative estimate of drug-likeness (QED) is 0.655. The summed E-state index contributed by atoms with van der Waals surface area (Å²) in [6, 6.07) is 0.478. The molecule has 0 aliphatic carbocycles. The Morgan fingerprint density at radius 1 is 1.14 bits per heavy atom. The third kappa shape index (κ3) is 5.38. The molecular weight excluding hydrogens is 174 g/mol. The van der Waals surface area contributed by atoms with Gasteiger partial charge in [0.2, 0.25) is 0 Å². The summed E-state index contributed by atoms with van der Waals surface area (Å²) < 4.78 is 0. The van der Waals surface area contributed by atoms with E-state index in [2.05, 4.69) is 39.5 Å². The number of likely N-dealkylation sites (N-methyl/N-ethyl adjacent to an activating group) is 1. The molecule has 1 unspecified atom stereocenters. The monoisotopic (exact) mass is 199 g/mol. The van der Waals surface area contributed by atoms with Gasteiger partial charge in [-0.2, -0.15) is 0 Å². The Bertz CT molecular complexity index is 175. The van der Waals surface area contributed by atoms with E-state index in [0.29, 0.717) is 36.6 Å². The Labute approximate surface area is 88.7 Å². The van der Waals surface area contributed by atoms with E-state index in [4.69, 9.17) is 0 Å². The van der Waals surface area contributed by atoms with Crippen molar-refractivity contribution < 1.29 is 4.79 Å². The Kier molecular flexibility index (Phi) is 6.01. The first-order valence-electron chi connectivity index (χ1n) is 5.56. The highest BCUT2D eigenvalue weighted by molar-refractivity contribution is 5.80. The zero-order chi connectivity index (χ0) is 11.3. The summed E-state index contributed by atoms with van der Waals surface area (Å²) in [7, 11) is 2.03. The molecule has 0 heterocycles. The molecule has 0 fully saturated rings. The number of ketones is 1. The van der Waals surface area contributed by atoms with Gasteiger partial charge in [0.05, 0.1) is 6.54 Å². The molecule has 0 amide bonds. The van der Waals surface area contributed by atoms with Crippen LogP contribution >= 0.6 is 0 Å². The molecule has 0 aromatic rings. The average molecular weight is 199 g/mol. The van der Waals surface area contributed by atoms with Gasteiger partial charge in [0.1, 0.15) is 5.78 Å². The largest absolute Gasteiger partial charge is 0.298 e. The van der Waals surface area contributed by atoms with Gasteiger partial charge >= 0.3 is 0 Å². The molecule has 0 saturated heterocycles. The third-order valence-corrected chi connectivity index (χ3v) is 2.72. The van der Waals surface area contributed by atoms with Crippen LogP contribution in [-0.4, -0.2) is 30.3 Å². The van der Waals surface area contributed by atoms with E-state index in [9.17, 15) is 4.79 Å². The second-order valence-electron chi connectivity index (χ2n) is 5.04. The fraction of sp³-hybridized carbons (Fsp3) is 0.917. The molecule has 0 aliphatic heterocycles. The molecule has 2 heteroatoms. The van der Waals surface area contributed by atoms with Gasteiger partial charge in [0.25, 0.3) is 0 Å². The van der Waals surface area contributed by atoms with E-state index in [-0.39, 0.29) is 0 Å². The minimum atomic E-state index is 0.356. The lowest BCUT2D eigenvalue weighted by Gasteiger charge is -2.27.